The van der Waals surface area contributed by atoms with Gasteiger partial charge in [0.15, 0.2) is 11.5 Å². The number of pyridine rings is 1. The molecule has 0 bridgehead atoms. The maximum atomic E-state index is 12.7. The lowest BCUT2D eigenvalue weighted by Gasteiger charge is -2.23. The summed E-state index contributed by atoms with van der Waals surface area (Å²) in [5, 5.41) is 11.0. The summed E-state index contributed by atoms with van der Waals surface area (Å²) in [6, 6.07) is 7.05. The molecule has 1 saturated heterocycles. The van der Waals surface area contributed by atoms with Crippen molar-refractivity contribution in [1.82, 2.24) is 9.88 Å². The maximum Gasteiger partial charge on any atom is 0.252 e. The number of hydrogen-bond donors (Lipinski definition) is 1. The molecule has 2 aromatic rings. The molecule has 1 fully saturated rings. The normalized spacial score (nSPS) is 19.6. The van der Waals surface area contributed by atoms with E-state index in [1.54, 1.807) is 29.3 Å². The van der Waals surface area contributed by atoms with Crippen molar-refractivity contribution in [2.24, 2.45) is 0 Å². The lowest BCUT2D eigenvalue weighted by atomic mass is 10.0. The SMILES string of the molecule is O=C(C1CCCO1)N1CCOc2c(O)cc(-c3ccc(Cl)cn3)cc2C1. The van der Waals surface area contributed by atoms with Crippen molar-refractivity contribution in [2.75, 3.05) is 19.8 Å². The van der Waals surface area contributed by atoms with Crippen LogP contribution in [0, 0.1) is 0 Å². The predicted octanol–water partition coefficient (Wildman–Crippen LogP) is 3.01. The van der Waals surface area contributed by atoms with Gasteiger partial charge in [-0.15, -0.1) is 0 Å². The molecule has 1 N–H and O–H groups in total. The molecule has 0 spiro atoms. The molecule has 6 nitrogen and oxygen atoms in total. The number of ether oxygens (including phenoxy) is 2. The Hall–Kier alpha value is -2.31. The van der Waals surface area contributed by atoms with Crippen molar-refractivity contribution in [3.63, 3.8) is 0 Å². The van der Waals surface area contributed by atoms with Gasteiger partial charge in [-0.05, 0) is 37.1 Å². The van der Waals surface area contributed by atoms with Crippen LogP contribution in [0.2, 0.25) is 5.02 Å². The first-order valence-corrected chi connectivity index (χ1v) is 9.00. The average molecular weight is 375 g/mol. The van der Waals surface area contributed by atoms with Gasteiger partial charge in [-0.3, -0.25) is 9.78 Å². The molecule has 2 aliphatic rings. The summed E-state index contributed by atoms with van der Waals surface area (Å²) in [7, 11) is 0. The second-order valence-electron chi connectivity index (χ2n) is 6.46. The first-order valence-electron chi connectivity index (χ1n) is 8.63. The van der Waals surface area contributed by atoms with Crippen LogP contribution >= 0.6 is 11.6 Å². The molecule has 4 rings (SSSR count). The number of carbonyl (C=O) groups excluding carboxylic acids is 1. The van der Waals surface area contributed by atoms with Gasteiger partial charge in [0.1, 0.15) is 12.7 Å². The fraction of sp³-hybridized carbons (Fsp3) is 0.368. The van der Waals surface area contributed by atoms with E-state index in [0.717, 1.165) is 24.0 Å². The number of amides is 1. The predicted molar refractivity (Wildman–Crippen MR) is 96.2 cm³/mol. The van der Waals surface area contributed by atoms with Crippen LogP contribution in [0.5, 0.6) is 11.5 Å². The van der Waals surface area contributed by atoms with E-state index in [4.69, 9.17) is 21.1 Å². The molecular weight excluding hydrogens is 356 g/mol. The highest BCUT2D eigenvalue weighted by Gasteiger charge is 2.30. The van der Waals surface area contributed by atoms with Crippen LogP contribution in [0.4, 0.5) is 0 Å². The van der Waals surface area contributed by atoms with Crippen LogP contribution in [0.3, 0.4) is 0 Å². The summed E-state index contributed by atoms with van der Waals surface area (Å²) in [5.41, 5.74) is 2.18. The van der Waals surface area contributed by atoms with Gasteiger partial charge < -0.3 is 19.5 Å². The van der Waals surface area contributed by atoms with E-state index in [1.165, 1.54) is 0 Å². The summed E-state index contributed by atoms with van der Waals surface area (Å²) < 4.78 is 11.2. The molecule has 1 aromatic carbocycles. The third-order valence-corrected chi connectivity index (χ3v) is 4.88. The molecule has 1 atom stereocenters. The number of carbonyl (C=O) groups is 1. The van der Waals surface area contributed by atoms with Gasteiger partial charge in [-0.1, -0.05) is 11.6 Å². The number of nitrogens with zero attached hydrogens (tertiary/aromatic N) is 2. The molecule has 1 unspecified atom stereocenters. The number of halogens is 1. The molecular formula is C19H19ClN2O4. The molecule has 0 aliphatic carbocycles. The minimum Gasteiger partial charge on any atom is -0.504 e. The van der Waals surface area contributed by atoms with Gasteiger partial charge in [0.25, 0.3) is 5.91 Å². The smallest absolute Gasteiger partial charge is 0.252 e. The van der Waals surface area contributed by atoms with Crippen LogP contribution in [-0.2, 0) is 16.1 Å². The molecule has 7 heteroatoms. The molecule has 1 amide bonds. The Labute approximate surface area is 156 Å². The summed E-state index contributed by atoms with van der Waals surface area (Å²) in [5.74, 6) is 0.444. The number of benzene rings is 1. The molecule has 136 valence electrons. The Morgan fingerprint density at radius 2 is 2.19 bits per heavy atom. The Morgan fingerprint density at radius 3 is 2.92 bits per heavy atom. The third kappa shape index (κ3) is 3.34. The lowest BCUT2D eigenvalue weighted by molar-refractivity contribution is -0.141. The Morgan fingerprint density at radius 1 is 1.31 bits per heavy atom. The van der Waals surface area contributed by atoms with Crippen molar-refractivity contribution in [1.29, 1.82) is 0 Å². The van der Waals surface area contributed by atoms with Gasteiger partial charge in [-0.25, -0.2) is 0 Å². The van der Waals surface area contributed by atoms with Crippen LogP contribution < -0.4 is 4.74 Å². The Balaban J connectivity index is 1.65. The van der Waals surface area contributed by atoms with E-state index in [2.05, 4.69) is 4.98 Å². The van der Waals surface area contributed by atoms with Gasteiger partial charge in [0.05, 0.1) is 17.3 Å². The van der Waals surface area contributed by atoms with E-state index < -0.39 is 0 Å². The molecule has 26 heavy (non-hydrogen) atoms. The van der Waals surface area contributed by atoms with Gasteiger partial charge in [0, 0.05) is 30.5 Å². The van der Waals surface area contributed by atoms with Crippen LogP contribution in [-0.4, -0.2) is 46.8 Å². The number of phenols is 1. The Kier molecular flexibility index (Phi) is 4.70. The summed E-state index contributed by atoms with van der Waals surface area (Å²) in [6.07, 6.45) is 2.85. The number of fused-ring (bicyclic) bond motifs is 1. The second-order valence-corrected chi connectivity index (χ2v) is 6.89. The molecule has 0 saturated carbocycles. The fourth-order valence-electron chi connectivity index (χ4n) is 3.36. The average Bonchev–Trinajstić information content (AvgIpc) is 3.08. The van der Waals surface area contributed by atoms with Crippen molar-refractivity contribution in [3.05, 3.63) is 41.0 Å². The highest BCUT2D eigenvalue weighted by Crippen LogP contribution is 2.37. The van der Waals surface area contributed by atoms with Crippen LogP contribution in [0.15, 0.2) is 30.5 Å². The second kappa shape index (κ2) is 7.13. The standard InChI is InChI=1S/C19H19ClN2O4/c20-14-3-4-15(21-10-14)12-8-13-11-22(19(24)17-2-1-6-25-17)5-7-26-18(13)16(23)9-12/h3-4,8-10,17,23H,1-2,5-7,11H2. The number of phenolic OH excluding ortho intramolecular Hbond substituents is 1. The summed E-state index contributed by atoms with van der Waals surface area (Å²) in [4.78, 5) is 18.7. The highest BCUT2D eigenvalue weighted by atomic mass is 35.5. The van der Waals surface area contributed by atoms with Crippen molar-refractivity contribution < 1.29 is 19.4 Å². The number of aromatic nitrogens is 1. The first kappa shape index (κ1) is 17.1. The molecule has 2 aliphatic heterocycles. The van der Waals surface area contributed by atoms with Gasteiger partial charge in [0.2, 0.25) is 0 Å². The number of rotatable bonds is 2. The van der Waals surface area contributed by atoms with Crippen LogP contribution in [0.25, 0.3) is 11.3 Å². The minimum absolute atomic E-state index is 0.0199. The topological polar surface area (TPSA) is 71.9 Å². The number of aromatic hydroxyl groups is 1. The van der Waals surface area contributed by atoms with E-state index in [0.29, 0.717) is 42.8 Å². The van der Waals surface area contributed by atoms with E-state index in [9.17, 15) is 9.90 Å². The van der Waals surface area contributed by atoms with Crippen LogP contribution in [0.1, 0.15) is 18.4 Å². The summed E-state index contributed by atoms with van der Waals surface area (Å²) in [6.45, 7) is 1.78. The van der Waals surface area contributed by atoms with E-state index >= 15 is 0 Å². The highest BCUT2D eigenvalue weighted by molar-refractivity contribution is 6.30. The fourth-order valence-corrected chi connectivity index (χ4v) is 3.47. The first-order chi connectivity index (χ1) is 12.6. The zero-order chi connectivity index (χ0) is 18.1. The van der Waals surface area contributed by atoms with Gasteiger partial charge >= 0.3 is 0 Å². The zero-order valence-electron chi connectivity index (χ0n) is 14.2. The van der Waals surface area contributed by atoms with Crippen molar-refractivity contribution in [2.45, 2.75) is 25.5 Å². The largest absolute Gasteiger partial charge is 0.504 e. The maximum absolute atomic E-state index is 12.7. The minimum atomic E-state index is -0.369. The zero-order valence-corrected chi connectivity index (χ0v) is 14.9. The quantitative estimate of drug-likeness (QED) is 0.874. The summed E-state index contributed by atoms with van der Waals surface area (Å²) >= 11 is 5.90. The molecule has 3 heterocycles. The Bertz CT molecular complexity index is 819. The van der Waals surface area contributed by atoms with Crippen molar-refractivity contribution >= 4 is 17.5 Å². The molecule has 0 radical (unpaired) electrons. The van der Waals surface area contributed by atoms with E-state index in [1.807, 2.05) is 6.07 Å². The van der Waals surface area contributed by atoms with Gasteiger partial charge in [-0.2, -0.15) is 0 Å². The monoisotopic (exact) mass is 374 g/mol. The van der Waals surface area contributed by atoms with Crippen molar-refractivity contribution in [3.8, 4) is 22.8 Å². The lowest BCUT2D eigenvalue weighted by Crippen LogP contribution is -2.39. The molecule has 1 aromatic heterocycles. The number of hydrogen-bond acceptors (Lipinski definition) is 5. The van der Waals surface area contributed by atoms with E-state index in [-0.39, 0.29) is 17.8 Å². The third-order valence-electron chi connectivity index (χ3n) is 4.66.